The van der Waals surface area contributed by atoms with Crippen LogP contribution in [0.15, 0.2) is 23.1 Å². The van der Waals surface area contributed by atoms with Crippen LogP contribution in [0.25, 0.3) is 0 Å². The molecule has 17 heavy (non-hydrogen) atoms. The molecule has 2 N–H and O–H groups in total. The van der Waals surface area contributed by atoms with E-state index in [-0.39, 0.29) is 11.8 Å². The third-order valence-electron chi connectivity index (χ3n) is 1.98. The van der Waals surface area contributed by atoms with E-state index in [9.17, 15) is 9.59 Å². The van der Waals surface area contributed by atoms with Crippen molar-refractivity contribution in [3.05, 3.63) is 28.8 Å². The number of hydrogen-bond donors (Lipinski definition) is 3. The van der Waals surface area contributed by atoms with Crippen molar-refractivity contribution in [2.24, 2.45) is 0 Å². The minimum absolute atomic E-state index is 0.130. The third-order valence-corrected chi connectivity index (χ3v) is 2.59. The molecule has 6 heteroatoms. The smallest absolute Gasteiger partial charge is 0.252 e. The molecule has 0 aromatic heterocycles. The van der Waals surface area contributed by atoms with E-state index < -0.39 is 0 Å². The maximum atomic E-state index is 11.7. The Kier molecular flexibility index (Phi) is 5.31. The lowest BCUT2D eigenvalue weighted by atomic mass is 10.2. The molecule has 0 fully saturated rings. The average molecular weight is 273 g/mol. The van der Waals surface area contributed by atoms with Gasteiger partial charge in [-0.2, -0.15) is 0 Å². The molecule has 0 heterocycles. The summed E-state index contributed by atoms with van der Waals surface area (Å²) in [7, 11) is 0. The Morgan fingerprint density at radius 2 is 1.94 bits per heavy atom. The van der Waals surface area contributed by atoms with Crippen molar-refractivity contribution < 1.29 is 9.59 Å². The van der Waals surface area contributed by atoms with Crippen molar-refractivity contribution in [2.75, 3.05) is 13.1 Å². The summed E-state index contributed by atoms with van der Waals surface area (Å²) in [6.07, 6.45) is 0. The Morgan fingerprint density at radius 1 is 1.29 bits per heavy atom. The molecule has 1 aromatic rings. The van der Waals surface area contributed by atoms with Gasteiger partial charge in [0.05, 0.1) is 10.6 Å². The first-order chi connectivity index (χ1) is 8.00. The minimum Gasteiger partial charge on any atom is -0.355 e. The van der Waals surface area contributed by atoms with Gasteiger partial charge in [0.25, 0.3) is 5.91 Å². The summed E-state index contributed by atoms with van der Waals surface area (Å²) in [5.41, 5.74) is 0.377. The number of carbonyl (C=O) groups is 2. The Morgan fingerprint density at radius 3 is 2.59 bits per heavy atom. The van der Waals surface area contributed by atoms with Crippen LogP contribution in [0, 0.1) is 0 Å². The number of hydrogen-bond acceptors (Lipinski definition) is 3. The Hall–Kier alpha value is -1.20. The second kappa shape index (κ2) is 6.51. The highest BCUT2D eigenvalue weighted by Crippen LogP contribution is 2.19. The number of amides is 2. The standard InChI is InChI=1S/C11H13ClN2O2S/c1-7(15)13-4-5-14-11(16)9-6-8(17)2-3-10(9)12/h2-3,6,17H,4-5H2,1H3,(H,13,15)(H,14,16). The largest absolute Gasteiger partial charge is 0.355 e. The molecule has 0 spiro atoms. The molecule has 0 atom stereocenters. The van der Waals surface area contributed by atoms with Gasteiger partial charge in [0.2, 0.25) is 5.91 Å². The van der Waals surface area contributed by atoms with Crippen LogP contribution in [0.5, 0.6) is 0 Å². The molecular formula is C11H13ClN2O2S. The molecule has 0 radical (unpaired) electrons. The van der Waals surface area contributed by atoms with E-state index in [1.54, 1.807) is 18.2 Å². The fourth-order valence-corrected chi connectivity index (χ4v) is 1.60. The summed E-state index contributed by atoms with van der Waals surface area (Å²) >= 11 is 10.0. The lowest BCUT2D eigenvalue weighted by Crippen LogP contribution is -2.33. The Balaban J connectivity index is 2.52. The van der Waals surface area contributed by atoms with E-state index in [1.807, 2.05) is 0 Å². The van der Waals surface area contributed by atoms with Crippen molar-refractivity contribution in [3.63, 3.8) is 0 Å². The lowest BCUT2D eigenvalue weighted by Gasteiger charge is -2.07. The molecular weight excluding hydrogens is 260 g/mol. The monoisotopic (exact) mass is 272 g/mol. The summed E-state index contributed by atoms with van der Waals surface area (Å²) in [4.78, 5) is 23.0. The molecule has 1 aromatic carbocycles. The zero-order chi connectivity index (χ0) is 12.8. The molecule has 2 amide bonds. The van der Waals surface area contributed by atoms with Crippen molar-refractivity contribution >= 4 is 36.0 Å². The molecule has 0 aliphatic carbocycles. The summed E-state index contributed by atoms with van der Waals surface area (Å²) < 4.78 is 0. The predicted molar refractivity (Wildman–Crippen MR) is 69.7 cm³/mol. The van der Waals surface area contributed by atoms with Gasteiger partial charge in [-0.15, -0.1) is 12.6 Å². The Labute approximate surface area is 110 Å². The topological polar surface area (TPSA) is 58.2 Å². The van der Waals surface area contributed by atoms with Crippen molar-refractivity contribution in [1.29, 1.82) is 0 Å². The quantitative estimate of drug-likeness (QED) is 0.575. The normalized spacial score (nSPS) is 9.82. The molecule has 0 saturated heterocycles. The fourth-order valence-electron chi connectivity index (χ4n) is 1.20. The predicted octanol–water partition coefficient (Wildman–Crippen LogP) is 1.49. The maximum absolute atomic E-state index is 11.7. The van der Waals surface area contributed by atoms with Crippen LogP contribution in [0.2, 0.25) is 5.02 Å². The number of halogens is 1. The van der Waals surface area contributed by atoms with E-state index in [0.29, 0.717) is 28.6 Å². The number of benzene rings is 1. The van der Waals surface area contributed by atoms with Gasteiger partial charge in [0.1, 0.15) is 0 Å². The number of carbonyl (C=O) groups excluding carboxylic acids is 2. The fraction of sp³-hybridized carbons (Fsp3) is 0.273. The van der Waals surface area contributed by atoms with Crippen LogP contribution >= 0.6 is 24.2 Å². The van der Waals surface area contributed by atoms with Gasteiger partial charge in [0, 0.05) is 24.9 Å². The minimum atomic E-state index is -0.281. The van der Waals surface area contributed by atoms with Gasteiger partial charge in [-0.1, -0.05) is 11.6 Å². The van der Waals surface area contributed by atoms with Gasteiger partial charge < -0.3 is 10.6 Å². The first-order valence-electron chi connectivity index (χ1n) is 5.02. The summed E-state index contributed by atoms with van der Waals surface area (Å²) in [5, 5.41) is 5.60. The van der Waals surface area contributed by atoms with E-state index in [0.717, 1.165) is 0 Å². The molecule has 0 aliphatic rings. The van der Waals surface area contributed by atoms with E-state index in [4.69, 9.17) is 11.6 Å². The number of rotatable bonds is 4. The zero-order valence-corrected chi connectivity index (χ0v) is 10.9. The molecule has 0 bridgehead atoms. The number of thiol groups is 1. The molecule has 1 rings (SSSR count). The van der Waals surface area contributed by atoms with Crippen molar-refractivity contribution in [3.8, 4) is 0 Å². The molecule has 92 valence electrons. The summed E-state index contributed by atoms with van der Waals surface area (Å²) in [6.45, 7) is 2.16. The Bertz CT molecular complexity index is 437. The van der Waals surface area contributed by atoms with Gasteiger partial charge in [0.15, 0.2) is 0 Å². The molecule has 0 aliphatic heterocycles. The van der Waals surface area contributed by atoms with Gasteiger partial charge >= 0.3 is 0 Å². The third kappa shape index (κ3) is 4.66. The molecule has 4 nitrogen and oxygen atoms in total. The highest BCUT2D eigenvalue weighted by molar-refractivity contribution is 7.80. The van der Waals surface area contributed by atoms with Crippen LogP contribution in [0.3, 0.4) is 0 Å². The second-order valence-electron chi connectivity index (χ2n) is 3.40. The van der Waals surface area contributed by atoms with E-state index in [1.165, 1.54) is 6.92 Å². The van der Waals surface area contributed by atoms with E-state index >= 15 is 0 Å². The van der Waals surface area contributed by atoms with Crippen LogP contribution < -0.4 is 10.6 Å². The van der Waals surface area contributed by atoms with Gasteiger partial charge in [-0.25, -0.2) is 0 Å². The summed E-state index contributed by atoms with van der Waals surface area (Å²) in [6, 6.07) is 4.92. The van der Waals surface area contributed by atoms with Crippen molar-refractivity contribution in [1.82, 2.24) is 10.6 Å². The van der Waals surface area contributed by atoms with Gasteiger partial charge in [-0.3, -0.25) is 9.59 Å². The zero-order valence-electron chi connectivity index (χ0n) is 9.29. The lowest BCUT2D eigenvalue weighted by molar-refractivity contribution is -0.118. The second-order valence-corrected chi connectivity index (χ2v) is 4.33. The first-order valence-corrected chi connectivity index (χ1v) is 5.84. The summed E-state index contributed by atoms with van der Waals surface area (Å²) in [5.74, 6) is -0.411. The van der Waals surface area contributed by atoms with E-state index in [2.05, 4.69) is 23.3 Å². The maximum Gasteiger partial charge on any atom is 0.252 e. The van der Waals surface area contributed by atoms with Crippen molar-refractivity contribution in [2.45, 2.75) is 11.8 Å². The first kappa shape index (κ1) is 13.9. The average Bonchev–Trinajstić information content (AvgIpc) is 2.27. The SMILES string of the molecule is CC(=O)NCCNC(=O)c1cc(S)ccc1Cl. The number of nitrogens with one attached hydrogen (secondary N) is 2. The molecule has 0 saturated carbocycles. The van der Waals surface area contributed by atoms with Crippen LogP contribution in [-0.2, 0) is 4.79 Å². The highest BCUT2D eigenvalue weighted by atomic mass is 35.5. The van der Waals surface area contributed by atoms with Crippen LogP contribution in [0.1, 0.15) is 17.3 Å². The van der Waals surface area contributed by atoms with Crippen LogP contribution in [0.4, 0.5) is 0 Å². The van der Waals surface area contributed by atoms with Gasteiger partial charge in [-0.05, 0) is 18.2 Å². The molecule has 0 unspecified atom stereocenters. The highest BCUT2D eigenvalue weighted by Gasteiger charge is 2.09. The van der Waals surface area contributed by atoms with Crippen LogP contribution in [-0.4, -0.2) is 24.9 Å².